The maximum Gasteiger partial charge on any atom is 0.0416 e. The summed E-state index contributed by atoms with van der Waals surface area (Å²) in [5.74, 6) is 0. The van der Waals surface area contributed by atoms with Crippen LogP contribution >= 0.6 is 22.6 Å². The van der Waals surface area contributed by atoms with E-state index in [1.165, 1.54) is 11.1 Å². The maximum absolute atomic E-state index is 2.47. The van der Waals surface area contributed by atoms with Gasteiger partial charge in [-0.3, -0.25) is 0 Å². The summed E-state index contributed by atoms with van der Waals surface area (Å²) in [6, 6.07) is 8.54. The smallest absolute Gasteiger partial charge is 0.0416 e. The Kier molecular flexibility index (Phi) is 2.58. The summed E-state index contributed by atoms with van der Waals surface area (Å²) in [6.07, 6.45) is 0. The first-order chi connectivity index (χ1) is 5.02. The van der Waals surface area contributed by atoms with Gasteiger partial charge < -0.3 is 0 Å². The zero-order valence-electron chi connectivity index (χ0n) is 7.19. The number of alkyl halides is 1. The molecule has 1 rings (SSSR count). The van der Waals surface area contributed by atoms with Crippen molar-refractivity contribution < 1.29 is 0 Å². The van der Waals surface area contributed by atoms with Gasteiger partial charge in [-0.1, -0.05) is 46.9 Å². The molecule has 0 spiro atoms. The van der Waals surface area contributed by atoms with Crippen molar-refractivity contribution in [2.75, 3.05) is 0 Å². The Balaban J connectivity index is 3.14. The summed E-state index contributed by atoms with van der Waals surface area (Å²) >= 11 is 2.47. The second-order valence-corrected chi connectivity index (χ2v) is 5.98. The lowest BCUT2D eigenvalue weighted by Crippen LogP contribution is -2.07. The third-order valence-corrected chi connectivity index (χ3v) is 2.37. The van der Waals surface area contributed by atoms with Crippen LogP contribution in [0.25, 0.3) is 0 Å². The molecule has 0 aliphatic carbocycles. The van der Waals surface area contributed by atoms with E-state index in [9.17, 15) is 0 Å². The molecule has 0 aliphatic rings. The second kappa shape index (κ2) is 3.13. The van der Waals surface area contributed by atoms with Crippen LogP contribution < -0.4 is 0 Å². The van der Waals surface area contributed by atoms with Crippen molar-refractivity contribution in [3.63, 3.8) is 0 Å². The molecule has 0 heterocycles. The molecule has 1 aromatic rings. The molecule has 0 N–H and O–H groups in total. The van der Waals surface area contributed by atoms with Crippen molar-refractivity contribution in [1.29, 1.82) is 0 Å². The van der Waals surface area contributed by atoms with E-state index in [1.54, 1.807) is 0 Å². The zero-order valence-corrected chi connectivity index (χ0v) is 9.34. The summed E-state index contributed by atoms with van der Waals surface area (Å²) in [5.41, 5.74) is 2.81. The summed E-state index contributed by atoms with van der Waals surface area (Å²) in [7, 11) is 0. The molecule has 0 saturated heterocycles. The predicted octanol–water partition coefficient (Wildman–Crippen LogP) is 3.67. The van der Waals surface area contributed by atoms with Crippen molar-refractivity contribution in [2.24, 2.45) is 0 Å². The van der Waals surface area contributed by atoms with E-state index in [2.05, 4.69) is 67.6 Å². The maximum atomic E-state index is 2.47. The molecule has 0 atom stereocenters. The van der Waals surface area contributed by atoms with Gasteiger partial charge in [-0.05, 0) is 31.9 Å². The molecule has 0 nitrogen and oxygen atoms in total. The first-order valence-electron chi connectivity index (χ1n) is 3.77. The van der Waals surface area contributed by atoms with Crippen LogP contribution in [-0.4, -0.2) is 0 Å². The van der Waals surface area contributed by atoms with Crippen molar-refractivity contribution in [3.8, 4) is 0 Å². The Hall–Kier alpha value is -0.0500. The number of benzene rings is 1. The molecule has 0 radical (unpaired) electrons. The Labute approximate surface area is 82.2 Å². The average Bonchev–Trinajstić information content (AvgIpc) is 1.86. The van der Waals surface area contributed by atoms with Crippen LogP contribution in [0.1, 0.15) is 25.0 Å². The Morgan fingerprint density at radius 3 is 2.09 bits per heavy atom. The minimum atomic E-state index is 0.253. The summed E-state index contributed by atoms with van der Waals surface area (Å²) < 4.78 is 0.253. The van der Waals surface area contributed by atoms with Crippen LogP contribution in [0, 0.1) is 6.92 Å². The highest BCUT2D eigenvalue weighted by Gasteiger charge is 2.16. The van der Waals surface area contributed by atoms with Crippen LogP contribution in [-0.2, 0) is 3.42 Å². The van der Waals surface area contributed by atoms with E-state index in [0.29, 0.717) is 0 Å². The van der Waals surface area contributed by atoms with E-state index >= 15 is 0 Å². The molecule has 11 heavy (non-hydrogen) atoms. The number of hydrogen-bond donors (Lipinski definition) is 0. The van der Waals surface area contributed by atoms with Gasteiger partial charge in [0.05, 0.1) is 0 Å². The lowest BCUT2D eigenvalue weighted by molar-refractivity contribution is 0.818. The number of halogens is 1. The minimum absolute atomic E-state index is 0.253. The van der Waals surface area contributed by atoms with Crippen LogP contribution in [0.2, 0.25) is 0 Å². The number of hydrogen-bond acceptors (Lipinski definition) is 0. The third-order valence-electron chi connectivity index (χ3n) is 1.79. The monoisotopic (exact) mass is 260 g/mol. The topological polar surface area (TPSA) is 0 Å². The highest BCUT2D eigenvalue weighted by atomic mass is 127. The van der Waals surface area contributed by atoms with Gasteiger partial charge in [0.25, 0.3) is 0 Å². The van der Waals surface area contributed by atoms with Gasteiger partial charge in [0.2, 0.25) is 0 Å². The zero-order chi connectivity index (χ0) is 8.48. The van der Waals surface area contributed by atoms with Crippen LogP contribution in [0.4, 0.5) is 0 Å². The minimum Gasteiger partial charge on any atom is -0.0743 e. The van der Waals surface area contributed by atoms with Crippen LogP contribution in [0.3, 0.4) is 0 Å². The molecular weight excluding hydrogens is 247 g/mol. The molecule has 60 valence electrons. The molecule has 0 fully saturated rings. The fourth-order valence-corrected chi connectivity index (χ4v) is 1.85. The van der Waals surface area contributed by atoms with Crippen molar-refractivity contribution >= 4 is 22.6 Å². The van der Waals surface area contributed by atoms with E-state index in [1.807, 2.05) is 0 Å². The van der Waals surface area contributed by atoms with Gasteiger partial charge in [0.15, 0.2) is 0 Å². The third kappa shape index (κ3) is 2.19. The van der Waals surface area contributed by atoms with Crippen LogP contribution in [0.15, 0.2) is 24.3 Å². The molecule has 1 heteroatoms. The van der Waals surface area contributed by atoms with Gasteiger partial charge in [-0.15, -0.1) is 0 Å². The predicted molar refractivity (Wildman–Crippen MR) is 58.2 cm³/mol. The Morgan fingerprint density at radius 2 is 1.73 bits per heavy atom. The quantitative estimate of drug-likeness (QED) is 0.534. The Bertz CT molecular complexity index is 245. The SMILES string of the molecule is Cc1ccccc1C(C)(C)I. The van der Waals surface area contributed by atoms with Crippen molar-refractivity contribution in [1.82, 2.24) is 0 Å². The van der Waals surface area contributed by atoms with Gasteiger partial charge in [0.1, 0.15) is 0 Å². The van der Waals surface area contributed by atoms with Crippen molar-refractivity contribution in [3.05, 3.63) is 35.4 Å². The largest absolute Gasteiger partial charge is 0.0743 e. The van der Waals surface area contributed by atoms with Crippen molar-refractivity contribution in [2.45, 2.75) is 24.2 Å². The van der Waals surface area contributed by atoms with E-state index in [4.69, 9.17) is 0 Å². The summed E-state index contributed by atoms with van der Waals surface area (Å²) in [5, 5.41) is 0. The van der Waals surface area contributed by atoms with Crippen LogP contribution in [0.5, 0.6) is 0 Å². The first-order valence-corrected chi connectivity index (χ1v) is 4.85. The summed E-state index contributed by atoms with van der Waals surface area (Å²) in [6.45, 7) is 6.63. The Morgan fingerprint density at radius 1 is 1.18 bits per heavy atom. The van der Waals surface area contributed by atoms with E-state index < -0.39 is 0 Å². The average molecular weight is 260 g/mol. The van der Waals surface area contributed by atoms with E-state index in [-0.39, 0.29) is 3.42 Å². The molecule has 0 saturated carbocycles. The standard InChI is InChI=1S/C10H13I/c1-8-6-4-5-7-9(8)10(2,3)11/h4-7H,1-3H3. The van der Waals surface area contributed by atoms with Gasteiger partial charge in [-0.2, -0.15) is 0 Å². The summed E-state index contributed by atoms with van der Waals surface area (Å²) in [4.78, 5) is 0. The number of rotatable bonds is 1. The molecular formula is C10H13I. The fourth-order valence-electron chi connectivity index (χ4n) is 1.24. The van der Waals surface area contributed by atoms with E-state index in [0.717, 1.165) is 0 Å². The van der Waals surface area contributed by atoms with Gasteiger partial charge in [0, 0.05) is 3.42 Å². The second-order valence-electron chi connectivity index (χ2n) is 3.29. The van der Waals surface area contributed by atoms with Gasteiger partial charge >= 0.3 is 0 Å². The molecule has 1 aromatic carbocycles. The number of aryl methyl sites for hydroxylation is 1. The highest BCUT2D eigenvalue weighted by Crippen LogP contribution is 2.32. The lowest BCUT2D eigenvalue weighted by atomic mass is 9.98. The molecule has 0 bridgehead atoms. The molecule has 0 amide bonds. The van der Waals surface area contributed by atoms with Gasteiger partial charge in [-0.25, -0.2) is 0 Å². The fraction of sp³-hybridized carbons (Fsp3) is 0.400. The molecule has 0 unspecified atom stereocenters. The normalized spacial score (nSPS) is 11.6. The molecule has 0 aromatic heterocycles. The first kappa shape index (κ1) is 9.04. The highest BCUT2D eigenvalue weighted by molar-refractivity contribution is 14.1. The molecule has 0 aliphatic heterocycles. The lowest BCUT2D eigenvalue weighted by Gasteiger charge is -2.18.